The van der Waals surface area contributed by atoms with Gasteiger partial charge in [0.2, 0.25) is 0 Å². The average molecular weight is 288 g/mol. The van der Waals surface area contributed by atoms with Crippen molar-refractivity contribution in [1.82, 2.24) is 9.38 Å². The standard InChI is InChI=1S/C17H28N4/c1-12(18)11-14-16(20(6)13(2)17(3,4)5)19-15-9-7-8-10-21(14)15/h7-10,12-13H,11,18H2,1-6H3. The van der Waals surface area contributed by atoms with E-state index >= 15 is 0 Å². The lowest BCUT2D eigenvalue weighted by atomic mass is 9.87. The summed E-state index contributed by atoms with van der Waals surface area (Å²) in [5.41, 5.74) is 8.41. The lowest BCUT2D eigenvalue weighted by Gasteiger charge is -2.36. The van der Waals surface area contributed by atoms with Crippen LogP contribution in [0.1, 0.15) is 40.3 Å². The number of hydrogen-bond donors (Lipinski definition) is 1. The number of nitrogens with two attached hydrogens (primary N) is 1. The van der Waals surface area contributed by atoms with Gasteiger partial charge in [-0.15, -0.1) is 0 Å². The number of hydrogen-bond acceptors (Lipinski definition) is 3. The predicted molar refractivity (Wildman–Crippen MR) is 89.9 cm³/mol. The van der Waals surface area contributed by atoms with Gasteiger partial charge in [-0.2, -0.15) is 0 Å². The molecule has 21 heavy (non-hydrogen) atoms. The van der Waals surface area contributed by atoms with Gasteiger partial charge in [0.1, 0.15) is 5.65 Å². The zero-order chi connectivity index (χ0) is 15.8. The first kappa shape index (κ1) is 15.8. The van der Waals surface area contributed by atoms with Crippen molar-refractivity contribution < 1.29 is 0 Å². The molecular formula is C17H28N4. The Morgan fingerprint density at radius 2 is 1.95 bits per heavy atom. The van der Waals surface area contributed by atoms with Gasteiger partial charge in [0.25, 0.3) is 0 Å². The molecule has 2 aromatic rings. The number of pyridine rings is 1. The molecule has 0 aliphatic rings. The Balaban J connectivity index is 2.51. The monoisotopic (exact) mass is 288 g/mol. The number of imidazole rings is 1. The molecule has 2 rings (SSSR count). The molecule has 4 nitrogen and oxygen atoms in total. The van der Waals surface area contributed by atoms with Crippen LogP contribution in [0.15, 0.2) is 24.4 Å². The van der Waals surface area contributed by atoms with E-state index in [1.165, 1.54) is 5.69 Å². The number of rotatable bonds is 4. The molecule has 2 atom stereocenters. The molecule has 0 bridgehead atoms. The Labute approximate surface area is 128 Å². The van der Waals surface area contributed by atoms with Gasteiger partial charge in [-0.25, -0.2) is 4.98 Å². The molecule has 2 N–H and O–H groups in total. The van der Waals surface area contributed by atoms with E-state index in [-0.39, 0.29) is 11.5 Å². The second-order valence-electron chi connectivity index (χ2n) is 7.15. The van der Waals surface area contributed by atoms with E-state index < -0.39 is 0 Å². The van der Waals surface area contributed by atoms with Crippen molar-refractivity contribution in [3.63, 3.8) is 0 Å². The number of nitrogens with zero attached hydrogens (tertiary/aromatic N) is 3. The summed E-state index contributed by atoms with van der Waals surface area (Å²) in [6.45, 7) is 11.1. The Kier molecular flexibility index (Phi) is 4.28. The van der Waals surface area contributed by atoms with E-state index in [0.717, 1.165) is 17.9 Å². The minimum atomic E-state index is 0.113. The Morgan fingerprint density at radius 3 is 2.52 bits per heavy atom. The first-order chi connectivity index (χ1) is 9.71. The topological polar surface area (TPSA) is 46.6 Å². The van der Waals surface area contributed by atoms with Gasteiger partial charge >= 0.3 is 0 Å². The molecule has 0 saturated heterocycles. The van der Waals surface area contributed by atoms with E-state index in [9.17, 15) is 0 Å². The van der Waals surface area contributed by atoms with Crippen molar-refractivity contribution in [2.45, 2.75) is 53.1 Å². The third-order valence-corrected chi connectivity index (χ3v) is 4.29. The quantitative estimate of drug-likeness (QED) is 0.940. The van der Waals surface area contributed by atoms with Crippen LogP contribution in [0.25, 0.3) is 5.65 Å². The van der Waals surface area contributed by atoms with Crippen LogP contribution < -0.4 is 10.6 Å². The molecule has 116 valence electrons. The summed E-state index contributed by atoms with van der Waals surface area (Å²) >= 11 is 0. The molecule has 4 heteroatoms. The fourth-order valence-electron chi connectivity index (χ4n) is 2.58. The van der Waals surface area contributed by atoms with Crippen molar-refractivity contribution in [2.24, 2.45) is 11.1 Å². The highest BCUT2D eigenvalue weighted by atomic mass is 15.2. The van der Waals surface area contributed by atoms with Crippen molar-refractivity contribution in [3.05, 3.63) is 30.1 Å². The van der Waals surface area contributed by atoms with E-state index in [1.807, 2.05) is 25.1 Å². The van der Waals surface area contributed by atoms with E-state index in [0.29, 0.717) is 6.04 Å². The van der Waals surface area contributed by atoms with E-state index in [2.05, 4.69) is 50.2 Å². The molecule has 0 amide bonds. The van der Waals surface area contributed by atoms with Gasteiger partial charge in [-0.05, 0) is 31.4 Å². The highest BCUT2D eigenvalue weighted by Crippen LogP contribution is 2.30. The second-order valence-corrected chi connectivity index (χ2v) is 7.15. The van der Waals surface area contributed by atoms with Gasteiger partial charge in [0.15, 0.2) is 5.82 Å². The minimum Gasteiger partial charge on any atom is -0.355 e. The van der Waals surface area contributed by atoms with Crippen LogP contribution in [0.3, 0.4) is 0 Å². The fraction of sp³-hybridized carbons (Fsp3) is 0.588. The molecule has 0 aliphatic heterocycles. The third kappa shape index (κ3) is 3.21. The molecular weight excluding hydrogens is 260 g/mol. The first-order valence-electron chi connectivity index (χ1n) is 7.66. The summed E-state index contributed by atoms with van der Waals surface area (Å²) in [6.07, 6.45) is 2.89. The average Bonchev–Trinajstić information content (AvgIpc) is 2.74. The lowest BCUT2D eigenvalue weighted by Crippen LogP contribution is -2.40. The van der Waals surface area contributed by atoms with Gasteiger partial charge in [-0.1, -0.05) is 26.8 Å². The molecule has 0 saturated carbocycles. The predicted octanol–water partition coefficient (Wildman–Crippen LogP) is 3.09. The summed E-state index contributed by atoms with van der Waals surface area (Å²) < 4.78 is 2.16. The largest absolute Gasteiger partial charge is 0.355 e. The Morgan fingerprint density at radius 1 is 1.29 bits per heavy atom. The maximum Gasteiger partial charge on any atom is 0.151 e. The van der Waals surface area contributed by atoms with E-state index in [4.69, 9.17) is 10.7 Å². The lowest BCUT2D eigenvalue weighted by molar-refractivity contribution is 0.328. The van der Waals surface area contributed by atoms with Crippen LogP contribution in [-0.2, 0) is 6.42 Å². The van der Waals surface area contributed by atoms with Gasteiger partial charge < -0.3 is 15.0 Å². The Hall–Kier alpha value is -1.55. The molecule has 0 spiro atoms. The van der Waals surface area contributed by atoms with Crippen LogP contribution >= 0.6 is 0 Å². The van der Waals surface area contributed by atoms with Gasteiger partial charge in [0, 0.05) is 31.7 Å². The van der Waals surface area contributed by atoms with Crippen LogP contribution in [0.4, 0.5) is 5.82 Å². The fourth-order valence-corrected chi connectivity index (χ4v) is 2.58. The molecule has 2 unspecified atom stereocenters. The van der Waals surface area contributed by atoms with Gasteiger partial charge in [-0.3, -0.25) is 0 Å². The normalized spacial score (nSPS) is 15.2. The number of aromatic nitrogens is 2. The smallest absolute Gasteiger partial charge is 0.151 e. The van der Waals surface area contributed by atoms with Crippen molar-refractivity contribution in [3.8, 4) is 0 Å². The summed E-state index contributed by atoms with van der Waals surface area (Å²) in [6, 6.07) is 6.60. The summed E-state index contributed by atoms with van der Waals surface area (Å²) in [4.78, 5) is 7.12. The van der Waals surface area contributed by atoms with E-state index in [1.54, 1.807) is 0 Å². The Bertz CT molecular complexity index is 607. The second kappa shape index (κ2) is 5.68. The van der Waals surface area contributed by atoms with Crippen LogP contribution in [0, 0.1) is 5.41 Å². The molecule has 0 aromatic carbocycles. The van der Waals surface area contributed by atoms with Crippen molar-refractivity contribution in [1.29, 1.82) is 0 Å². The zero-order valence-corrected chi connectivity index (χ0v) is 14.1. The third-order valence-electron chi connectivity index (χ3n) is 4.29. The molecule has 2 heterocycles. The number of fused-ring (bicyclic) bond motifs is 1. The highest BCUT2D eigenvalue weighted by molar-refractivity contribution is 5.56. The summed E-state index contributed by atoms with van der Waals surface area (Å²) in [5.74, 6) is 1.04. The van der Waals surface area contributed by atoms with Crippen LogP contribution in [0.2, 0.25) is 0 Å². The number of anilines is 1. The molecule has 0 radical (unpaired) electrons. The van der Waals surface area contributed by atoms with Crippen molar-refractivity contribution >= 4 is 11.5 Å². The van der Waals surface area contributed by atoms with Crippen molar-refractivity contribution in [2.75, 3.05) is 11.9 Å². The molecule has 0 aliphatic carbocycles. The molecule has 2 aromatic heterocycles. The van der Waals surface area contributed by atoms with Gasteiger partial charge in [0.05, 0.1) is 5.69 Å². The zero-order valence-electron chi connectivity index (χ0n) is 14.1. The summed E-state index contributed by atoms with van der Waals surface area (Å²) in [5, 5.41) is 0. The SMILES string of the molecule is CC(N)Cc1c(N(C)C(C)C(C)(C)C)nc2ccccn12. The minimum absolute atomic E-state index is 0.113. The molecule has 0 fully saturated rings. The highest BCUT2D eigenvalue weighted by Gasteiger charge is 2.27. The maximum atomic E-state index is 6.05. The first-order valence-corrected chi connectivity index (χ1v) is 7.66. The summed E-state index contributed by atoms with van der Waals surface area (Å²) in [7, 11) is 2.13. The van der Waals surface area contributed by atoms with Crippen LogP contribution in [0.5, 0.6) is 0 Å². The van der Waals surface area contributed by atoms with Crippen LogP contribution in [-0.4, -0.2) is 28.5 Å². The maximum absolute atomic E-state index is 6.05.